The van der Waals surface area contributed by atoms with Gasteiger partial charge in [-0.1, -0.05) is 0 Å². The molecule has 0 aromatic carbocycles. The third-order valence-electron chi connectivity index (χ3n) is 0.463. The van der Waals surface area contributed by atoms with Crippen molar-refractivity contribution >= 4 is 11.9 Å². The maximum Gasteiger partial charge on any atom is 2.00 e. The molecular weight excluding hydrogens is 278 g/mol. The number of rotatable bonds is 0. The van der Waals surface area contributed by atoms with Gasteiger partial charge in [-0.15, -0.1) is 0 Å². The average Bonchev–Trinajstić information content (AvgIpc) is 1.83. The van der Waals surface area contributed by atoms with Gasteiger partial charge in [-0.25, -0.2) is 0 Å². The minimum atomic E-state index is -5.19. The molecule has 0 aliphatic carbocycles. The van der Waals surface area contributed by atoms with Crippen molar-refractivity contribution in [3.8, 4) is 0 Å². The molecule has 0 aromatic heterocycles. The Labute approximate surface area is 88.6 Å². The molecule has 0 heterocycles. The predicted octanol–water partition coefficient (Wildman–Crippen LogP) is -1.41. The summed E-state index contributed by atoms with van der Waals surface area (Å²) in [5.74, 6) is -6.01. The summed E-state index contributed by atoms with van der Waals surface area (Å²) in [6.45, 7) is 0. The van der Waals surface area contributed by atoms with E-state index in [1.807, 2.05) is 0 Å². The van der Waals surface area contributed by atoms with E-state index in [0.29, 0.717) is 0 Å². The van der Waals surface area contributed by atoms with Crippen molar-refractivity contribution in [1.29, 1.82) is 0 Å². The molecule has 88 valence electrons. The molecule has 0 aromatic rings. The molecule has 0 amide bonds. The Morgan fingerprint density at radius 2 is 0.800 bits per heavy atom. The number of carbonyl (C=O) groups excluding carboxylic acids is 2. The van der Waals surface area contributed by atoms with Crippen molar-refractivity contribution in [2.45, 2.75) is 12.4 Å². The zero-order valence-electron chi connectivity index (χ0n) is 6.31. The fraction of sp³-hybridized carbons (Fsp3) is 0.500. The van der Waals surface area contributed by atoms with E-state index in [-0.39, 0.29) is 17.4 Å². The van der Waals surface area contributed by atoms with Gasteiger partial charge in [-0.2, -0.15) is 26.3 Å². The Kier molecular flexibility index (Phi) is 8.52. The summed E-state index contributed by atoms with van der Waals surface area (Å²) in [6, 6.07) is 0. The number of alkyl halides is 6. The molecule has 11 heteroatoms. The second kappa shape index (κ2) is 6.52. The minimum Gasteiger partial charge on any atom is -0.542 e. The molecule has 0 rings (SSSR count). The number of hydrogen-bond acceptors (Lipinski definition) is 4. The average molecular weight is 278 g/mol. The van der Waals surface area contributed by atoms with Crippen LogP contribution in [0.4, 0.5) is 26.3 Å². The molecule has 0 unspecified atom stereocenters. The van der Waals surface area contributed by atoms with Crippen molar-refractivity contribution in [2.75, 3.05) is 0 Å². The number of carboxylic acids is 2. The zero-order chi connectivity index (χ0) is 12.2. The summed E-state index contributed by atoms with van der Waals surface area (Å²) < 4.78 is 63.1. The second-order valence-electron chi connectivity index (χ2n) is 1.57. The van der Waals surface area contributed by atoms with Crippen molar-refractivity contribution in [1.82, 2.24) is 0 Å². The van der Waals surface area contributed by atoms with Gasteiger partial charge < -0.3 is 19.8 Å². The first-order valence-corrected chi connectivity index (χ1v) is 2.45. The van der Waals surface area contributed by atoms with Gasteiger partial charge in [0.1, 0.15) is 11.9 Å². The largest absolute Gasteiger partial charge is 2.00 e. The Morgan fingerprint density at radius 1 is 0.733 bits per heavy atom. The molecule has 0 atom stereocenters. The molecule has 4 nitrogen and oxygen atoms in total. The number of halogens is 6. The first-order chi connectivity index (χ1) is 5.89. The van der Waals surface area contributed by atoms with Crippen LogP contribution in [-0.4, -0.2) is 24.3 Å². The van der Waals surface area contributed by atoms with Crippen LogP contribution in [0.15, 0.2) is 0 Å². The Balaban J connectivity index is -0.000000180. The minimum absolute atomic E-state index is 0. The zero-order valence-corrected chi connectivity index (χ0v) is 7.58. The third-order valence-corrected chi connectivity index (χ3v) is 0.463. The van der Waals surface area contributed by atoms with Crippen LogP contribution in [0.3, 0.4) is 0 Å². The number of carbonyl (C=O) groups is 2. The monoisotopic (exact) mass is 278 g/mol. The van der Waals surface area contributed by atoms with Gasteiger partial charge in [-0.3, -0.25) is 0 Å². The van der Waals surface area contributed by atoms with Crippen LogP contribution >= 0.6 is 0 Å². The topological polar surface area (TPSA) is 80.3 Å². The molecule has 0 saturated heterocycles. The van der Waals surface area contributed by atoms with Crippen LogP contribution in [0.5, 0.6) is 0 Å². The molecule has 0 aliphatic heterocycles. The van der Waals surface area contributed by atoms with Gasteiger partial charge >= 0.3 is 29.7 Å². The fourth-order valence-electron chi connectivity index (χ4n) is 0. The quantitative estimate of drug-likeness (QED) is 0.510. The van der Waals surface area contributed by atoms with Gasteiger partial charge in [0, 0.05) is 0 Å². The summed E-state index contributed by atoms with van der Waals surface area (Å²) >= 11 is 0. The maximum atomic E-state index is 10.5. The fourth-order valence-corrected chi connectivity index (χ4v) is 0. The van der Waals surface area contributed by atoms with E-state index >= 15 is 0 Å². The molecule has 0 spiro atoms. The third kappa shape index (κ3) is 13.1. The molecule has 15 heavy (non-hydrogen) atoms. The van der Waals surface area contributed by atoms with Crippen LogP contribution in [0.25, 0.3) is 0 Å². The SMILES string of the molecule is O=C([O-])C(F)(F)F.O=C([O-])C(F)(F)F.[Cr+2]. The van der Waals surface area contributed by atoms with Crippen molar-refractivity contribution < 1.29 is 63.5 Å². The van der Waals surface area contributed by atoms with E-state index < -0.39 is 24.3 Å². The number of aliphatic carboxylic acids is 2. The van der Waals surface area contributed by atoms with E-state index in [1.54, 1.807) is 0 Å². The smallest absolute Gasteiger partial charge is 0.542 e. The van der Waals surface area contributed by atoms with Gasteiger partial charge in [0.15, 0.2) is 0 Å². The van der Waals surface area contributed by atoms with E-state index in [1.165, 1.54) is 0 Å². The molecule has 0 fully saturated rings. The molecule has 0 saturated carbocycles. The van der Waals surface area contributed by atoms with Gasteiger partial charge in [0.25, 0.3) is 0 Å². The number of carboxylic acid groups (broad SMARTS) is 2. The Morgan fingerprint density at radius 3 is 0.800 bits per heavy atom. The summed E-state index contributed by atoms with van der Waals surface area (Å²) in [7, 11) is 0. The summed E-state index contributed by atoms with van der Waals surface area (Å²) in [4.78, 5) is 17.6. The summed E-state index contributed by atoms with van der Waals surface area (Å²) in [5.41, 5.74) is 0. The molecule has 0 radical (unpaired) electrons. The molecule has 0 aliphatic rings. The van der Waals surface area contributed by atoms with Crippen molar-refractivity contribution in [2.24, 2.45) is 0 Å². The van der Waals surface area contributed by atoms with Gasteiger partial charge in [-0.05, 0) is 0 Å². The predicted molar refractivity (Wildman–Crippen MR) is 22.1 cm³/mol. The standard InChI is InChI=1S/2C2HF3O2.Cr/c2*3-2(4,5)1(6)7;/h2*(H,6,7);/q;;+2/p-2. The van der Waals surface area contributed by atoms with E-state index in [2.05, 4.69) is 0 Å². The second-order valence-corrected chi connectivity index (χ2v) is 1.57. The maximum absolute atomic E-state index is 10.5. The van der Waals surface area contributed by atoms with Crippen LogP contribution in [0.2, 0.25) is 0 Å². The first-order valence-electron chi connectivity index (χ1n) is 2.45. The van der Waals surface area contributed by atoms with E-state index in [0.717, 1.165) is 0 Å². The van der Waals surface area contributed by atoms with Gasteiger partial charge in [0.05, 0.1) is 0 Å². The molecule has 0 N–H and O–H groups in total. The first kappa shape index (κ1) is 19.6. The van der Waals surface area contributed by atoms with Crippen LogP contribution in [0.1, 0.15) is 0 Å². The Bertz CT molecular complexity index is 196. The van der Waals surface area contributed by atoms with Crippen LogP contribution in [-0.2, 0) is 27.0 Å². The summed E-state index contributed by atoms with van der Waals surface area (Å²) in [6.07, 6.45) is -10.4. The van der Waals surface area contributed by atoms with E-state index in [9.17, 15) is 26.3 Å². The van der Waals surface area contributed by atoms with Crippen LogP contribution in [0, 0.1) is 0 Å². The molecule has 0 bridgehead atoms. The van der Waals surface area contributed by atoms with E-state index in [4.69, 9.17) is 19.8 Å². The number of hydrogen-bond donors (Lipinski definition) is 0. The molecular formula is C4CrF6O4. The summed E-state index contributed by atoms with van der Waals surface area (Å²) in [5, 5.41) is 17.6. The Hall–Kier alpha value is -0.948. The van der Waals surface area contributed by atoms with Crippen molar-refractivity contribution in [3.63, 3.8) is 0 Å². The van der Waals surface area contributed by atoms with Crippen molar-refractivity contribution in [3.05, 3.63) is 0 Å². The van der Waals surface area contributed by atoms with Gasteiger partial charge in [0.2, 0.25) is 0 Å². The van der Waals surface area contributed by atoms with Crippen LogP contribution < -0.4 is 10.2 Å². The normalized spacial score (nSPS) is 10.5.